The van der Waals surface area contributed by atoms with Gasteiger partial charge in [0.1, 0.15) is 6.61 Å². The zero-order chi connectivity index (χ0) is 10.7. The highest BCUT2D eigenvalue weighted by atomic mass is 32.1. The van der Waals surface area contributed by atoms with Gasteiger partial charge in [-0.05, 0) is 17.5 Å². The van der Waals surface area contributed by atoms with Crippen molar-refractivity contribution in [3.05, 3.63) is 29.3 Å². The summed E-state index contributed by atoms with van der Waals surface area (Å²) >= 11 is 1.42. The minimum Gasteiger partial charge on any atom is -0.456 e. The van der Waals surface area contributed by atoms with Gasteiger partial charge in [-0.1, -0.05) is 0 Å². The summed E-state index contributed by atoms with van der Waals surface area (Å²) in [5, 5.41) is 7.75. The Morgan fingerprint density at radius 1 is 1.47 bits per heavy atom. The third-order valence-corrected chi connectivity index (χ3v) is 2.48. The average Bonchev–Trinajstić information content (AvgIpc) is 2.77. The van der Waals surface area contributed by atoms with E-state index in [4.69, 9.17) is 0 Å². The number of rotatable bonds is 2. The quantitative estimate of drug-likeness (QED) is 0.744. The number of urea groups is 1. The molecule has 0 saturated carbocycles. The summed E-state index contributed by atoms with van der Waals surface area (Å²) in [6.07, 6.45) is 1.26. The number of thiophene rings is 1. The maximum absolute atomic E-state index is 11.3. The van der Waals surface area contributed by atoms with Crippen LogP contribution in [0.5, 0.6) is 0 Å². The number of anilines is 1. The van der Waals surface area contributed by atoms with E-state index in [0.717, 1.165) is 5.00 Å². The highest BCUT2D eigenvalue weighted by molar-refractivity contribution is 7.14. The Kier molecular flexibility index (Phi) is 2.68. The van der Waals surface area contributed by atoms with Crippen LogP contribution in [0.4, 0.5) is 9.80 Å². The Hall–Kier alpha value is -1.82. The highest BCUT2D eigenvalue weighted by Gasteiger charge is 2.14. The molecule has 78 valence electrons. The van der Waals surface area contributed by atoms with Crippen LogP contribution >= 0.6 is 11.3 Å². The number of nitrogens with one attached hydrogen (secondary N) is 2. The van der Waals surface area contributed by atoms with Crippen molar-refractivity contribution in [2.75, 3.05) is 11.9 Å². The molecule has 1 aliphatic heterocycles. The maximum atomic E-state index is 11.3. The van der Waals surface area contributed by atoms with E-state index in [1.54, 1.807) is 6.07 Å². The lowest BCUT2D eigenvalue weighted by Crippen LogP contribution is -2.28. The van der Waals surface area contributed by atoms with Gasteiger partial charge in [0.2, 0.25) is 0 Å². The van der Waals surface area contributed by atoms with E-state index in [1.807, 2.05) is 11.4 Å². The van der Waals surface area contributed by atoms with E-state index in [1.165, 1.54) is 17.4 Å². The Bertz CT molecular complexity index is 411. The molecule has 5 nitrogen and oxygen atoms in total. The summed E-state index contributed by atoms with van der Waals surface area (Å²) in [4.78, 5) is 22.0. The second kappa shape index (κ2) is 4.14. The lowest BCUT2D eigenvalue weighted by atomic mass is 10.4. The Morgan fingerprint density at radius 3 is 2.93 bits per heavy atom. The summed E-state index contributed by atoms with van der Waals surface area (Å²) in [5.74, 6) is -0.429. The van der Waals surface area contributed by atoms with E-state index in [0.29, 0.717) is 5.70 Å². The lowest BCUT2D eigenvalue weighted by molar-refractivity contribution is -0.134. The van der Waals surface area contributed by atoms with Crippen LogP contribution in [0.3, 0.4) is 0 Å². The molecule has 0 saturated heterocycles. The van der Waals surface area contributed by atoms with Crippen molar-refractivity contribution in [2.24, 2.45) is 0 Å². The van der Waals surface area contributed by atoms with Crippen molar-refractivity contribution in [1.29, 1.82) is 0 Å². The summed E-state index contributed by atoms with van der Waals surface area (Å²) < 4.78 is 4.63. The smallest absolute Gasteiger partial charge is 0.333 e. The summed E-state index contributed by atoms with van der Waals surface area (Å²) in [6.45, 7) is 0.122. The van der Waals surface area contributed by atoms with Crippen LogP contribution < -0.4 is 10.6 Å². The number of amides is 2. The van der Waals surface area contributed by atoms with Gasteiger partial charge in [0.25, 0.3) is 0 Å². The molecule has 0 atom stereocenters. The molecule has 1 aromatic heterocycles. The molecule has 0 unspecified atom stereocenters. The van der Waals surface area contributed by atoms with Crippen LogP contribution in [0.25, 0.3) is 0 Å². The zero-order valence-corrected chi connectivity index (χ0v) is 8.47. The molecule has 0 fully saturated rings. The van der Waals surface area contributed by atoms with Gasteiger partial charge >= 0.3 is 12.0 Å². The van der Waals surface area contributed by atoms with Gasteiger partial charge in [-0.2, -0.15) is 0 Å². The van der Waals surface area contributed by atoms with Gasteiger partial charge in [-0.15, -0.1) is 11.3 Å². The van der Waals surface area contributed by atoms with Crippen LogP contribution in [0.15, 0.2) is 29.3 Å². The molecule has 0 aliphatic carbocycles. The summed E-state index contributed by atoms with van der Waals surface area (Å²) in [7, 11) is 0. The average molecular weight is 224 g/mol. The molecule has 2 rings (SSSR count). The fraction of sp³-hybridized carbons (Fsp3) is 0.111. The Morgan fingerprint density at radius 2 is 2.33 bits per heavy atom. The monoisotopic (exact) mass is 224 g/mol. The number of carbonyl (C=O) groups is 2. The SMILES string of the molecule is O=C(NC1=CC(=O)OC1)Nc1cccs1. The fourth-order valence-corrected chi connectivity index (χ4v) is 1.70. The number of ether oxygens (including phenoxy) is 1. The number of cyclic esters (lactones) is 1. The third kappa shape index (κ3) is 2.57. The molecule has 2 N–H and O–H groups in total. The first-order chi connectivity index (χ1) is 7.24. The van der Waals surface area contributed by atoms with E-state index in [2.05, 4.69) is 15.4 Å². The number of hydrogen-bond acceptors (Lipinski definition) is 4. The van der Waals surface area contributed by atoms with Crippen molar-refractivity contribution in [1.82, 2.24) is 5.32 Å². The van der Waals surface area contributed by atoms with Crippen LogP contribution in [-0.2, 0) is 9.53 Å². The first-order valence-corrected chi connectivity index (χ1v) is 5.11. The van der Waals surface area contributed by atoms with E-state index < -0.39 is 5.97 Å². The van der Waals surface area contributed by atoms with Gasteiger partial charge < -0.3 is 10.1 Å². The minimum absolute atomic E-state index is 0.122. The Balaban J connectivity index is 1.88. The zero-order valence-electron chi connectivity index (χ0n) is 7.65. The predicted molar refractivity (Wildman–Crippen MR) is 55.5 cm³/mol. The van der Waals surface area contributed by atoms with Crippen molar-refractivity contribution in [3.63, 3.8) is 0 Å². The first kappa shape index (κ1) is 9.72. The molecule has 15 heavy (non-hydrogen) atoms. The van der Waals surface area contributed by atoms with Crippen molar-refractivity contribution < 1.29 is 14.3 Å². The molecular weight excluding hydrogens is 216 g/mol. The van der Waals surface area contributed by atoms with Crippen molar-refractivity contribution in [2.45, 2.75) is 0 Å². The molecule has 0 bridgehead atoms. The number of esters is 1. The van der Waals surface area contributed by atoms with Gasteiger partial charge in [0.15, 0.2) is 0 Å². The molecule has 0 spiro atoms. The molecule has 0 aromatic carbocycles. The predicted octanol–water partition coefficient (Wildman–Crippen LogP) is 1.31. The summed E-state index contributed by atoms with van der Waals surface area (Å²) in [6, 6.07) is 3.25. The van der Waals surface area contributed by atoms with E-state index in [-0.39, 0.29) is 12.6 Å². The highest BCUT2D eigenvalue weighted by Crippen LogP contribution is 2.14. The normalized spacial score (nSPS) is 14.4. The molecule has 6 heteroatoms. The molecule has 0 radical (unpaired) electrons. The molecule has 1 aromatic rings. The van der Waals surface area contributed by atoms with Crippen LogP contribution in [-0.4, -0.2) is 18.6 Å². The second-order valence-electron chi connectivity index (χ2n) is 2.83. The standard InChI is InChI=1S/C9H8N2O3S/c12-8-4-6(5-14-8)10-9(13)11-7-2-1-3-15-7/h1-4H,5H2,(H2,10,11,13). The number of carbonyl (C=O) groups excluding carboxylic acids is 2. The van der Waals surface area contributed by atoms with Gasteiger partial charge in [0, 0.05) is 6.08 Å². The molecule has 2 heterocycles. The summed E-state index contributed by atoms with van der Waals surface area (Å²) in [5.41, 5.74) is 0.467. The van der Waals surface area contributed by atoms with Crippen molar-refractivity contribution >= 4 is 28.3 Å². The largest absolute Gasteiger partial charge is 0.456 e. The third-order valence-electron chi connectivity index (χ3n) is 1.69. The van der Waals surface area contributed by atoms with E-state index >= 15 is 0 Å². The van der Waals surface area contributed by atoms with Gasteiger partial charge in [-0.25, -0.2) is 9.59 Å². The Labute approximate surface area is 89.7 Å². The second-order valence-corrected chi connectivity index (χ2v) is 3.78. The van der Waals surface area contributed by atoms with Gasteiger partial charge in [-0.3, -0.25) is 5.32 Å². The van der Waals surface area contributed by atoms with Crippen molar-refractivity contribution in [3.8, 4) is 0 Å². The van der Waals surface area contributed by atoms with E-state index in [9.17, 15) is 9.59 Å². The molecular formula is C9H8N2O3S. The topological polar surface area (TPSA) is 67.4 Å². The van der Waals surface area contributed by atoms with Crippen LogP contribution in [0, 0.1) is 0 Å². The van der Waals surface area contributed by atoms with Crippen LogP contribution in [0.2, 0.25) is 0 Å². The number of hydrogen-bond donors (Lipinski definition) is 2. The lowest BCUT2D eigenvalue weighted by Gasteiger charge is -2.04. The maximum Gasteiger partial charge on any atom is 0.333 e. The van der Waals surface area contributed by atoms with Crippen LogP contribution in [0.1, 0.15) is 0 Å². The fourth-order valence-electron chi connectivity index (χ4n) is 1.09. The molecule has 1 aliphatic rings. The minimum atomic E-state index is -0.429. The van der Waals surface area contributed by atoms with Gasteiger partial charge in [0.05, 0.1) is 10.7 Å². The first-order valence-electron chi connectivity index (χ1n) is 4.23. The molecule has 2 amide bonds.